The Morgan fingerprint density at radius 2 is 1.89 bits per heavy atom. The van der Waals surface area contributed by atoms with Crippen LogP contribution in [0.25, 0.3) is 0 Å². The van der Waals surface area contributed by atoms with Gasteiger partial charge in [0.2, 0.25) is 10.0 Å². The fraction of sp³-hybridized carbons (Fsp3) is 0.714. The van der Waals surface area contributed by atoms with Crippen molar-refractivity contribution in [1.82, 2.24) is 9.62 Å². The van der Waals surface area contributed by atoms with Gasteiger partial charge in [-0.1, -0.05) is 12.1 Å². The third-order valence-electron chi connectivity index (χ3n) is 6.24. The standard InChI is InChI=1S/C21H34N2O4S/c1-17(2)28(24,25)22-14-20-8-9-21(16-27-20)10-12-23(13-11-21)15-18-4-6-19(26-3)7-5-18/h4-7,17,20,22H,8-16H2,1-3H3. The minimum atomic E-state index is -3.22. The molecule has 0 bridgehead atoms. The first-order valence-corrected chi connectivity index (χ1v) is 11.8. The van der Waals surface area contributed by atoms with Gasteiger partial charge in [0.25, 0.3) is 0 Å². The number of methoxy groups -OCH3 is 1. The Balaban J connectivity index is 1.42. The Labute approximate surface area is 169 Å². The van der Waals surface area contributed by atoms with Gasteiger partial charge in [-0.2, -0.15) is 0 Å². The molecule has 1 N–H and O–H groups in total. The van der Waals surface area contributed by atoms with Crippen molar-refractivity contribution in [3.05, 3.63) is 29.8 Å². The van der Waals surface area contributed by atoms with E-state index in [2.05, 4.69) is 21.8 Å². The summed E-state index contributed by atoms with van der Waals surface area (Å²) in [6.45, 7) is 7.66. The molecule has 3 rings (SSSR count). The van der Waals surface area contributed by atoms with Gasteiger partial charge >= 0.3 is 0 Å². The number of hydrogen-bond donors (Lipinski definition) is 1. The number of ether oxygens (including phenoxy) is 2. The highest BCUT2D eigenvalue weighted by molar-refractivity contribution is 7.90. The van der Waals surface area contributed by atoms with Crippen LogP contribution in [-0.2, 0) is 21.3 Å². The van der Waals surface area contributed by atoms with Crippen LogP contribution in [0.5, 0.6) is 5.75 Å². The van der Waals surface area contributed by atoms with Crippen LogP contribution in [0, 0.1) is 5.41 Å². The predicted molar refractivity (Wildman–Crippen MR) is 111 cm³/mol. The highest BCUT2D eigenvalue weighted by Gasteiger charge is 2.39. The molecule has 0 radical (unpaired) electrons. The molecule has 0 aromatic heterocycles. The maximum atomic E-state index is 11.9. The smallest absolute Gasteiger partial charge is 0.214 e. The molecule has 2 fully saturated rings. The summed E-state index contributed by atoms with van der Waals surface area (Å²) >= 11 is 0. The summed E-state index contributed by atoms with van der Waals surface area (Å²) in [4.78, 5) is 2.51. The molecule has 1 aromatic carbocycles. The van der Waals surface area contributed by atoms with Gasteiger partial charge in [0.15, 0.2) is 0 Å². The van der Waals surface area contributed by atoms with Crippen molar-refractivity contribution in [1.29, 1.82) is 0 Å². The zero-order chi connectivity index (χ0) is 20.2. The summed E-state index contributed by atoms with van der Waals surface area (Å²) in [6.07, 6.45) is 4.34. The third kappa shape index (κ3) is 5.47. The van der Waals surface area contributed by atoms with E-state index in [1.54, 1.807) is 21.0 Å². The van der Waals surface area contributed by atoms with Crippen LogP contribution in [0.1, 0.15) is 45.1 Å². The van der Waals surface area contributed by atoms with Crippen molar-refractivity contribution in [2.45, 2.75) is 57.4 Å². The quantitative estimate of drug-likeness (QED) is 0.749. The number of piperidine rings is 1. The lowest BCUT2D eigenvalue weighted by molar-refractivity contribution is -0.0837. The summed E-state index contributed by atoms with van der Waals surface area (Å²) < 4.78 is 37.8. The molecule has 28 heavy (non-hydrogen) atoms. The highest BCUT2D eigenvalue weighted by Crippen LogP contribution is 2.40. The number of sulfonamides is 1. The molecule has 158 valence electrons. The molecule has 1 spiro atoms. The Hall–Kier alpha value is -1.15. The average molecular weight is 411 g/mol. The summed E-state index contributed by atoms with van der Waals surface area (Å²) in [5, 5.41) is -0.405. The van der Waals surface area contributed by atoms with E-state index in [1.165, 1.54) is 5.56 Å². The van der Waals surface area contributed by atoms with Crippen molar-refractivity contribution in [2.75, 3.05) is 33.4 Å². The molecular formula is C21H34N2O4S. The molecule has 2 aliphatic rings. The summed E-state index contributed by atoms with van der Waals surface area (Å²) in [6, 6.07) is 8.30. The van der Waals surface area contributed by atoms with Crippen LogP contribution in [0.15, 0.2) is 24.3 Å². The van der Waals surface area contributed by atoms with E-state index in [0.29, 0.717) is 6.54 Å². The molecule has 2 heterocycles. The lowest BCUT2D eigenvalue weighted by atomic mass is 9.73. The van der Waals surface area contributed by atoms with Gasteiger partial charge in [0, 0.05) is 13.1 Å². The monoisotopic (exact) mass is 410 g/mol. The van der Waals surface area contributed by atoms with Crippen molar-refractivity contribution in [3.63, 3.8) is 0 Å². The first-order chi connectivity index (χ1) is 13.3. The minimum absolute atomic E-state index is 0.00326. The lowest BCUT2D eigenvalue weighted by Gasteiger charge is -2.45. The number of hydrogen-bond acceptors (Lipinski definition) is 5. The SMILES string of the molecule is COc1ccc(CN2CCC3(CCC(CNS(=O)(=O)C(C)C)OC3)CC2)cc1. The topological polar surface area (TPSA) is 67.9 Å². The van der Waals surface area contributed by atoms with E-state index in [1.807, 2.05) is 12.1 Å². The first kappa shape index (κ1) is 21.6. The van der Waals surface area contributed by atoms with E-state index < -0.39 is 15.3 Å². The summed E-state index contributed by atoms with van der Waals surface area (Å²) in [5.41, 5.74) is 1.58. The molecule has 2 saturated heterocycles. The van der Waals surface area contributed by atoms with Crippen molar-refractivity contribution in [3.8, 4) is 5.75 Å². The predicted octanol–water partition coefficient (Wildman–Crippen LogP) is 2.78. The Bertz CT molecular complexity index is 715. The Kier molecular flexibility index (Phi) is 7.02. The van der Waals surface area contributed by atoms with Crippen LogP contribution < -0.4 is 9.46 Å². The average Bonchev–Trinajstić information content (AvgIpc) is 2.70. The molecular weight excluding hydrogens is 376 g/mol. The van der Waals surface area contributed by atoms with E-state index in [4.69, 9.17) is 9.47 Å². The van der Waals surface area contributed by atoms with Gasteiger partial charge in [-0.25, -0.2) is 13.1 Å². The van der Waals surface area contributed by atoms with Crippen molar-refractivity contribution in [2.24, 2.45) is 5.41 Å². The number of nitrogens with zero attached hydrogens (tertiary/aromatic N) is 1. The van der Waals surface area contributed by atoms with Gasteiger partial charge in [0.1, 0.15) is 5.75 Å². The van der Waals surface area contributed by atoms with Crippen LogP contribution in [0.3, 0.4) is 0 Å². The number of likely N-dealkylation sites (tertiary alicyclic amines) is 1. The Morgan fingerprint density at radius 1 is 1.21 bits per heavy atom. The second-order valence-electron chi connectivity index (χ2n) is 8.54. The third-order valence-corrected chi connectivity index (χ3v) is 8.05. The van der Waals surface area contributed by atoms with Gasteiger partial charge in [-0.3, -0.25) is 4.90 Å². The van der Waals surface area contributed by atoms with Crippen LogP contribution in [-0.4, -0.2) is 58.0 Å². The van der Waals surface area contributed by atoms with Gasteiger partial charge < -0.3 is 9.47 Å². The maximum absolute atomic E-state index is 11.9. The molecule has 7 heteroatoms. The van der Waals surface area contributed by atoms with Gasteiger partial charge in [0.05, 0.1) is 25.1 Å². The van der Waals surface area contributed by atoms with E-state index in [9.17, 15) is 8.42 Å². The zero-order valence-electron chi connectivity index (χ0n) is 17.3. The van der Waals surface area contributed by atoms with Crippen LogP contribution in [0.2, 0.25) is 0 Å². The Morgan fingerprint density at radius 3 is 2.43 bits per heavy atom. The van der Waals surface area contributed by atoms with Gasteiger partial charge in [-0.05, 0) is 75.7 Å². The van der Waals surface area contributed by atoms with E-state index in [0.717, 1.165) is 57.7 Å². The minimum Gasteiger partial charge on any atom is -0.497 e. The van der Waals surface area contributed by atoms with E-state index >= 15 is 0 Å². The fourth-order valence-electron chi connectivity index (χ4n) is 4.02. The molecule has 1 unspecified atom stereocenters. The maximum Gasteiger partial charge on any atom is 0.214 e. The largest absolute Gasteiger partial charge is 0.497 e. The van der Waals surface area contributed by atoms with Crippen LogP contribution in [0.4, 0.5) is 0 Å². The fourth-order valence-corrected chi connectivity index (χ4v) is 4.77. The molecule has 1 aromatic rings. The second-order valence-corrected chi connectivity index (χ2v) is 10.9. The summed E-state index contributed by atoms with van der Waals surface area (Å²) in [7, 11) is -1.53. The normalized spacial score (nSPS) is 23.2. The summed E-state index contributed by atoms with van der Waals surface area (Å²) in [5.74, 6) is 0.894. The first-order valence-electron chi connectivity index (χ1n) is 10.3. The molecule has 2 aliphatic heterocycles. The van der Waals surface area contributed by atoms with E-state index in [-0.39, 0.29) is 11.5 Å². The zero-order valence-corrected chi connectivity index (χ0v) is 18.1. The number of rotatable bonds is 7. The molecule has 1 atom stereocenters. The number of benzene rings is 1. The molecule has 0 amide bonds. The molecule has 0 aliphatic carbocycles. The van der Waals surface area contributed by atoms with Gasteiger partial charge in [-0.15, -0.1) is 0 Å². The highest BCUT2D eigenvalue weighted by atomic mass is 32.2. The van der Waals surface area contributed by atoms with Crippen molar-refractivity contribution < 1.29 is 17.9 Å². The molecule has 6 nitrogen and oxygen atoms in total. The second kappa shape index (κ2) is 9.11. The van der Waals surface area contributed by atoms with Crippen LogP contribution >= 0.6 is 0 Å². The number of nitrogens with one attached hydrogen (secondary N) is 1. The molecule has 0 saturated carbocycles. The lowest BCUT2D eigenvalue weighted by Crippen LogP contribution is -2.47. The van der Waals surface area contributed by atoms with Crippen molar-refractivity contribution >= 4 is 10.0 Å².